The summed E-state index contributed by atoms with van der Waals surface area (Å²) in [6.45, 7) is 7.14. The lowest BCUT2D eigenvalue weighted by Gasteiger charge is -2.30. The van der Waals surface area contributed by atoms with Crippen LogP contribution >= 0.6 is 0 Å². The number of carbonyl (C=O) groups is 1. The third-order valence-electron chi connectivity index (χ3n) is 4.94. The number of rotatable bonds is 5. The van der Waals surface area contributed by atoms with E-state index in [9.17, 15) is 9.90 Å². The summed E-state index contributed by atoms with van der Waals surface area (Å²) in [6, 6.07) is 3.22. The summed E-state index contributed by atoms with van der Waals surface area (Å²) in [5, 5.41) is 10.8. The van der Waals surface area contributed by atoms with Crippen molar-refractivity contribution in [1.82, 2.24) is 4.90 Å². The maximum absolute atomic E-state index is 13.0. The Labute approximate surface area is 148 Å². The molecule has 0 aromatic heterocycles. The number of aliphatic hydroxyl groups is 1. The molecule has 25 heavy (non-hydrogen) atoms. The first kappa shape index (κ1) is 17.6. The summed E-state index contributed by atoms with van der Waals surface area (Å²) in [5.74, 6) is 1.01. The van der Waals surface area contributed by atoms with E-state index in [1.807, 2.05) is 0 Å². The molecular weight excluding hydrogens is 320 g/mol. The summed E-state index contributed by atoms with van der Waals surface area (Å²) in [6.07, 6.45) is 1.80. The van der Waals surface area contributed by atoms with Crippen LogP contribution in [0.1, 0.15) is 36.5 Å². The van der Waals surface area contributed by atoms with Crippen LogP contribution in [0.4, 0.5) is 5.69 Å². The number of fused-ring (bicyclic) bond motifs is 2. The largest absolute Gasteiger partial charge is 0.493 e. The second-order valence-corrected chi connectivity index (χ2v) is 6.70. The Kier molecular flexibility index (Phi) is 4.90. The van der Waals surface area contributed by atoms with Gasteiger partial charge in [-0.1, -0.05) is 25.5 Å². The van der Waals surface area contributed by atoms with Crippen molar-refractivity contribution in [2.24, 2.45) is 0 Å². The van der Waals surface area contributed by atoms with E-state index in [1.54, 1.807) is 36.1 Å². The van der Waals surface area contributed by atoms with Gasteiger partial charge in [-0.05, 0) is 18.9 Å². The monoisotopic (exact) mass is 346 g/mol. The van der Waals surface area contributed by atoms with Gasteiger partial charge >= 0.3 is 0 Å². The van der Waals surface area contributed by atoms with Crippen molar-refractivity contribution in [3.63, 3.8) is 0 Å². The van der Waals surface area contributed by atoms with Gasteiger partial charge in [0.2, 0.25) is 0 Å². The number of hydrogen-bond acceptors (Lipinski definition) is 5. The Morgan fingerprint density at radius 3 is 2.80 bits per heavy atom. The molecule has 136 valence electrons. The van der Waals surface area contributed by atoms with E-state index in [4.69, 9.17) is 9.47 Å². The van der Waals surface area contributed by atoms with Crippen molar-refractivity contribution in [1.29, 1.82) is 0 Å². The molecule has 1 amide bonds. The lowest BCUT2D eigenvalue weighted by molar-refractivity contribution is 0.0527. The Hall–Kier alpha value is -2.21. The molecular formula is C19H26N2O4. The third-order valence-corrected chi connectivity index (χ3v) is 4.94. The Morgan fingerprint density at radius 1 is 1.36 bits per heavy atom. The average Bonchev–Trinajstić information content (AvgIpc) is 2.98. The van der Waals surface area contributed by atoms with Crippen LogP contribution in [0.25, 0.3) is 0 Å². The molecule has 2 aliphatic rings. The normalized spacial score (nSPS) is 22.6. The maximum Gasteiger partial charge on any atom is 0.256 e. The molecule has 0 radical (unpaired) electrons. The molecule has 0 aliphatic carbocycles. The molecule has 1 N–H and O–H groups in total. The number of unbranched alkanes of at least 4 members (excludes halogenated alkanes) is 1. The van der Waals surface area contributed by atoms with Gasteiger partial charge < -0.3 is 24.4 Å². The first-order valence-corrected chi connectivity index (χ1v) is 8.71. The molecule has 1 saturated heterocycles. The smallest absolute Gasteiger partial charge is 0.256 e. The highest BCUT2D eigenvalue weighted by atomic mass is 16.5. The summed E-state index contributed by atoms with van der Waals surface area (Å²) in [4.78, 5) is 16.5. The molecule has 0 unspecified atom stereocenters. The molecule has 6 nitrogen and oxygen atoms in total. The van der Waals surface area contributed by atoms with Crippen LogP contribution < -0.4 is 14.4 Å². The molecule has 3 rings (SSSR count). The number of carbonyl (C=O) groups excluding carboxylic acids is 1. The highest BCUT2D eigenvalue weighted by molar-refractivity contribution is 6.02. The van der Waals surface area contributed by atoms with E-state index >= 15 is 0 Å². The number of likely N-dealkylation sites (N-methyl/N-ethyl adjacent to an activating group) is 1. The lowest BCUT2D eigenvalue weighted by Crippen LogP contribution is -2.47. The van der Waals surface area contributed by atoms with Crippen LogP contribution in [0.5, 0.6) is 11.5 Å². The van der Waals surface area contributed by atoms with Crippen LogP contribution in [0, 0.1) is 0 Å². The van der Waals surface area contributed by atoms with Gasteiger partial charge in [-0.2, -0.15) is 0 Å². The number of ether oxygens (including phenoxy) is 2. The lowest BCUT2D eigenvalue weighted by atomic mass is 10.1. The predicted molar refractivity (Wildman–Crippen MR) is 96.4 cm³/mol. The van der Waals surface area contributed by atoms with Crippen LogP contribution in [0.3, 0.4) is 0 Å². The minimum Gasteiger partial charge on any atom is -0.493 e. The molecule has 2 atom stereocenters. The van der Waals surface area contributed by atoms with Crippen molar-refractivity contribution in [2.75, 3.05) is 32.2 Å². The van der Waals surface area contributed by atoms with Crippen molar-refractivity contribution in [3.05, 3.63) is 29.8 Å². The van der Waals surface area contributed by atoms with Crippen molar-refractivity contribution in [2.45, 2.75) is 38.5 Å². The molecule has 2 heterocycles. The minimum atomic E-state index is -0.790. The molecule has 0 spiro atoms. The van der Waals surface area contributed by atoms with Crippen molar-refractivity contribution < 1.29 is 19.4 Å². The fourth-order valence-electron chi connectivity index (χ4n) is 3.48. The van der Waals surface area contributed by atoms with E-state index in [-0.39, 0.29) is 11.9 Å². The zero-order valence-electron chi connectivity index (χ0n) is 15.1. The number of anilines is 1. The fourth-order valence-corrected chi connectivity index (χ4v) is 3.48. The van der Waals surface area contributed by atoms with Crippen LogP contribution in [-0.2, 0) is 0 Å². The van der Waals surface area contributed by atoms with Gasteiger partial charge in [-0.15, -0.1) is 0 Å². The van der Waals surface area contributed by atoms with E-state index in [2.05, 4.69) is 13.5 Å². The Morgan fingerprint density at radius 2 is 2.12 bits per heavy atom. The van der Waals surface area contributed by atoms with E-state index in [0.29, 0.717) is 42.3 Å². The molecule has 1 aromatic rings. The zero-order valence-corrected chi connectivity index (χ0v) is 15.1. The SMILES string of the molecule is C=C1C[C@H]2[C@H](O)N(C)c3cc(OCCCC)c(OC)cc3C(=O)N2C1. The van der Waals surface area contributed by atoms with Gasteiger partial charge in [0.25, 0.3) is 5.91 Å². The molecule has 0 bridgehead atoms. The van der Waals surface area contributed by atoms with E-state index < -0.39 is 6.23 Å². The van der Waals surface area contributed by atoms with Gasteiger partial charge in [0.15, 0.2) is 11.5 Å². The summed E-state index contributed by atoms with van der Waals surface area (Å²) in [7, 11) is 3.36. The predicted octanol–water partition coefficient (Wildman–Crippen LogP) is 2.41. The second-order valence-electron chi connectivity index (χ2n) is 6.70. The van der Waals surface area contributed by atoms with E-state index in [1.165, 1.54) is 0 Å². The number of benzene rings is 1. The molecule has 2 aliphatic heterocycles. The second kappa shape index (κ2) is 6.96. The first-order valence-electron chi connectivity index (χ1n) is 8.71. The summed E-state index contributed by atoms with van der Waals surface area (Å²) >= 11 is 0. The maximum atomic E-state index is 13.0. The number of hydrogen-bond donors (Lipinski definition) is 1. The van der Waals surface area contributed by atoms with Gasteiger partial charge in [-0.3, -0.25) is 4.79 Å². The number of methoxy groups -OCH3 is 1. The number of aliphatic hydroxyl groups excluding tert-OH is 1. The summed E-state index contributed by atoms with van der Waals surface area (Å²) < 4.78 is 11.3. The Balaban J connectivity index is 2.03. The highest BCUT2D eigenvalue weighted by Gasteiger charge is 2.42. The number of amides is 1. The Bertz CT molecular complexity index is 688. The topological polar surface area (TPSA) is 62.2 Å². The van der Waals surface area contributed by atoms with Crippen LogP contribution in [-0.4, -0.2) is 55.5 Å². The fraction of sp³-hybridized carbons (Fsp3) is 0.526. The molecule has 6 heteroatoms. The van der Waals surface area contributed by atoms with Crippen molar-refractivity contribution in [3.8, 4) is 11.5 Å². The summed E-state index contributed by atoms with van der Waals surface area (Å²) in [5.41, 5.74) is 2.13. The van der Waals surface area contributed by atoms with Gasteiger partial charge in [0.1, 0.15) is 6.23 Å². The third kappa shape index (κ3) is 3.06. The quantitative estimate of drug-likeness (QED) is 0.655. The molecule has 0 saturated carbocycles. The minimum absolute atomic E-state index is 0.111. The molecule has 1 fully saturated rings. The zero-order chi connectivity index (χ0) is 18.1. The highest BCUT2D eigenvalue weighted by Crippen LogP contribution is 2.40. The average molecular weight is 346 g/mol. The van der Waals surface area contributed by atoms with Gasteiger partial charge in [0, 0.05) is 19.7 Å². The molecule has 1 aromatic carbocycles. The van der Waals surface area contributed by atoms with Crippen LogP contribution in [0.2, 0.25) is 0 Å². The first-order chi connectivity index (χ1) is 12.0. The van der Waals surface area contributed by atoms with Gasteiger partial charge in [-0.25, -0.2) is 0 Å². The van der Waals surface area contributed by atoms with Crippen LogP contribution in [0.15, 0.2) is 24.3 Å². The van der Waals surface area contributed by atoms with Gasteiger partial charge in [0.05, 0.1) is 31.0 Å². The standard InChI is InChI=1S/C19H26N2O4/c1-5-6-7-25-17-10-14-13(9-16(17)24-4)18(22)21-11-12(2)8-15(21)19(23)20(14)3/h9-10,15,19,23H,2,5-8,11H2,1,3-4H3/t15-,19-/m0/s1. The van der Waals surface area contributed by atoms with Crippen molar-refractivity contribution >= 4 is 11.6 Å². The van der Waals surface area contributed by atoms with E-state index in [0.717, 1.165) is 18.4 Å². The number of nitrogens with zero attached hydrogens (tertiary/aromatic N) is 2.